The Morgan fingerprint density at radius 3 is 2.52 bits per heavy atom. The summed E-state index contributed by atoms with van der Waals surface area (Å²) >= 11 is 1.52. The van der Waals surface area contributed by atoms with E-state index in [1.54, 1.807) is 0 Å². The largest absolute Gasteiger partial charge is 0.345 e. The minimum absolute atomic E-state index is 0.0122. The van der Waals surface area contributed by atoms with Crippen molar-refractivity contribution >= 4 is 17.2 Å². The van der Waals surface area contributed by atoms with Crippen molar-refractivity contribution in [3.63, 3.8) is 0 Å². The van der Waals surface area contributed by atoms with Crippen LogP contribution < -0.4 is 11.1 Å². The Balaban J connectivity index is 1.46. The second kappa shape index (κ2) is 5.85. The van der Waals surface area contributed by atoms with Crippen LogP contribution in [0.5, 0.6) is 0 Å². The second-order valence-electron chi connectivity index (χ2n) is 8.12. The smallest absolute Gasteiger partial charge is 0.271 e. The van der Waals surface area contributed by atoms with Gasteiger partial charge in [-0.1, -0.05) is 13.3 Å². The minimum Gasteiger partial charge on any atom is -0.345 e. The maximum atomic E-state index is 12.7. The minimum atomic E-state index is -0.0360. The van der Waals surface area contributed by atoms with Gasteiger partial charge in [0.2, 0.25) is 0 Å². The van der Waals surface area contributed by atoms with Crippen molar-refractivity contribution in [1.82, 2.24) is 10.3 Å². The zero-order valence-electron chi connectivity index (χ0n) is 13.9. The summed E-state index contributed by atoms with van der Waals surface area (Å²) in [6.07, 6.45) is 9.66. The summed E-state index contributed by atoms with van der Waals surface area (Å²) < 4.78 is 0. The van der Waals surface area contributed by atoms with Crippen LogP contribution in [-0.4, -0.2) is 16.4 Å². The van der Waals surface area contributed by atoms with Crippen LogP contribution in [-0.2, 0) is 0 Å². The van der Waals surface area contributed by atoms with Crippen LogP contribution in [0.2, 0.25) is 0 Å². The maximum Gasteiger partial charge on any atom is 0.271 e. The van der Waals surface area contributed by atoms with Crippen molar-refractivity contribution in [3.05, 3.63) is 16.1 Å². The fourth-order valence-corrected chi connectivity index (χ4v) is 6.40. The van der Waals surface area contributed by atoms with Crippen molar-refractivity contribution in [2.24, 2.45) is 23.5 Å². The van der Waals surface area contributed by atoms with E-state index < -0.39 is 0 Å². The van der Waals surface area contributed by atoms with Crippen LogP contribution in [0.3, 0.4) is 0 Å². The predicted molar refractivity (Wildman–Crippen MR) is 92.3 cm³/mol. The van der Waals surface area contributed by atoms with Gasteiger partial charge in [-0.05, 0) is 62.7 Å². The van der Waals surface area contributed by atoms with Gasteiger partial charge in [0.1, 0.15) is 10.7 Å². The molecule has 4 saturated carbocycles. The van der Waals surface area contributed by atoms with Crippen molar-refractivity contribution in [2.45, 2.75) is 69.9 Å². The first-order valence-electron chi connectivity index (χ1n) is 9.10. The predicted octanol–water partition coefficient (Wildman–Crippen LogP) is 3.64. The highest BCUT2D eigenvalue weighted by atomic mass is 32.1. The fraction of sp³-hybridized carbons (Fsp3) is 0.778. The van der Waals surface area contributed by atoms with E-state index in [2.05, 4.69) is 17.2 Å². The van der Waals surface area contributed by atoms with E-state index in [1.165, 1.54) is 49.9 Å². The normalized spacial score (nSPS) is 36.2. The van der Waals surface area contributed by atoms with E-state index in [0.717, 1.165) is 35.6 Å². The Kier molecular flexibility index (Phi) is 3.96. The molecule has 3 N–H and O–H groups in total. The molecular weight excluding hydrogens is 306 g/mol. The van der Waals surface area contributed by atoms with Crippen LogP contribution in [0, 0.1) is 17.8 Å². The first-order valence-corrected chi connectivity index (χ1v) is 9.98. The maximum absolute atomic E-state index is 12.7. The molecule has 1 aromatic heterocycles. The standard InChI is InChI=1S/C18H27N3OS/c1-2-3-14(19)17-20-15(10-23-17)16(22)21-18-7-11-4-12(8-18)6-13(5-11)9-18/h10-14H,2-9,19H2,1H3,(H,21,22). The van der Waals surface area contributed by atoms with Gasteiger partial charge in [0.15, 0.2) is 0 Å². The van der Waals surface area contributed by atoms with Gasteiger partial charge in [-0.25, -0.2) is 4.98 Å². The average Bonchev–Trinajstić information content (AvgIpc) is 2.95. The summed E-state index contributed by atoms with van der Waals surface area (Å²) in [5.74, 6) is 2.53. The summed E-state index contributed by atoms with van der Waals surface area (Å²) in [6, 6.07) is -0.0360. The van der Waals surface area contributed by atoms with Gasteiger partial charge in [-0.3, -0.25) is 4.79 Å². The Hall–Kier alpha value is -0.940. The van der Waals surface area contributed by atoms with E-state index in [1.807, 2.05) is 5.38 Å². The molecule has 1 unspecified atom stereocenters. The highest BCUT2D eigenvalue weighted by molar-refractivity contribution is 7.09. The van der Waals surface area contributed by atoms with Crippen LogP contribution >= 0.6 is 11.3 Å². The van der Waals surface area contributed by atoms with Gasteiger partial charge in [0.25, 0.3) is 5.91 Å². The molecule has 5 heteroatoms. The Labute approximate surface area is 142 Å². The van der Waals surface area contributed by atoms with E-state index in [9.17, 15) is 4.79 Å². The molecule has 4 aliphatic rings. The average molecular weight is 334 g/mol. The van der Waals surface area contributed by atoms with Crippen molar-refractivity contribution in [1.29, 1.82) is 0 Å². The molecule has 1 aromatic rings. The summed E-state index contributed by atoms with van der Waals surface area (Å²) in [7, 11) is 0. The molecule has 1 atom stereocenters. The molecule has 0 aliphatic heterocycles. The molecule has 4 nitrogen and oxygen atoms in total. The quantitative estimate of drug-likeness (QED) is 0.864. The monoisotopic (exact) mass is 333 g/mol. The van der Waals surface area contributed by atoms with Crippen molar-refractivity contribution < 1.29 is 4.79 Å². The van der Waals surface area contributed by atoms with Gasteiger partial charge >= 0.3 is 0 Å². The van der Waals surface area contributed by atoms with E-state index in [0.29, 0.717) is 5.69 Å². The lowest BCUT2D eigenvalue weighted by Crippen LogP contribution is -2.59. The van der Waals surface area contributed by atoms with Crippen LogP contribution in [0.15, 0.2) is 5.38 Å². The Morgan fingerprint density at radius 1 is 1.35 bits per heavy atom. The number of nitrogens with two attached hydrogens (primary N) is 1. The third-order valence-electron chi connectivity index (χ3n) is 6.09. The molecule has 0 spiro atoms. The van der Waals surface area contributed by atoms with E-state index in [4.69, 9.17) is 5.73 Å². The molecule has 0 radical (unpaired) electrons. The molecular formula is C18H27N3OS. The second-order valence-corrected chi connectivity index (χ2v) is 9.01. The van der Waals surface area contributed by atoms with E-state index in [-0.39, 0.29) is 17.5 Å². The van der Waals surface area contributed by atoms with Gasteiger partial charge in [-0.2, -0.15) is 0 Å². The number of aromatic nitrogens is 1. The first kappa shape index (κ1) is 15.6. The van der Waals surface area contributed by atoms with Gasteiger partial charge in [0, 0.05) is 10.9 Å². The summed E-state index contributed by atoms with van der Waals surface area (Å²) in [5, 5.41) is 6.16. The Bertz CT molecular complexity index is 562. The van der Waals surface area contributed by atoms with Crippen LogP contribution in [0.4, 0.5) is 0 Å². The number of carbonyl (C=O) groups excluding carboxylic acids is 1. The highest BCUT2D eigenvalue weighted by Crippen LogP contribution is 2.55. The topological polar surface area (TPSA) is 68.0 Å². The number of nitrogens with zero attached hydrogens (tertiary/aromatic N) is 1. The SMILES string of the molecule is CCCC(N)c1nc(C(=O)NC23CC4CC(CC(C4)C2)C3)cs1. The molecule has 4 fully saturated rings. The number of nitrogens with one attached hydrogen (secondary N) is 1. The molecule has 5 rings (SSSR count). The third-order valence-corrected chi connectivity index (χ3v) is 7.07. The van der Waals surface area contributed by atoms with E-state index >= 15 is 0 Å². The van der Waals surface area contributed by atoms with Crippen molar-refractivity contribution in [3.8, 4) is 0 Å². The fourth-order valence-electron chi connectivity index (χ4n) is 5.57. The van der Waals surface area contributed by atoms with Crippen LogP contribution in [0.25, 0.3) is 0 Å². The number of amides is 1. The zero-order valence-corrected chi connectivity index (χ0v) is 14.7. The number of hydrogen-bond acceptors (Lipinski definition) is 4. The lowest BCUT2D eigenvalue weighted by atomic mass is 9.53. The molecule has 23 heavy (non-hydrogen) atoms. The van der Waals surface area contributed by atoms with Crippen LogP contribution in [0.1, 0.15) is 79.8 Å². The highest BCUT2D eigenvalue weighted by Gasteiger charge is 2.51. The van der Waals surface area contributed by atoms with Crippen molar-refractivity contribution in [2.75, 3.05) is 0 Å². The lowest BCUT2D eigenvalue weighted by molar-refractivity contribution is -0.0167. The first-order chi connectivity index (χ1) is 11.1. The molecule has 4 aliphatic carbocycles. The number of carbonyl (C=O) groups is 1. The number of thiazole rings is 1. The van der Waals surface area contributed by atoms with Gasteiger partial charge in [0.05, 0.1) is 6.04 Å². The summed E-state index contributed by atoms with van der Waals surface area (Å²) in [6.45, 7) is 2.12. The van der Waals surface area contributed by atoms with Gasteiger partial charge in [-0.15, -0.1) is 11.3 Å². The number of hydrogen-bond donors (Lipinski definition) is 2. The number of rotatable bonds is 5. The molecule has 0 saturated heterocycles. The molecule has 1 heterocycles. The third kappa shape index (κ3) is 2.93. The van der Waals surface area contributed by atoms with Gasteiger partial charge < -0.3 is 11.1 Å². The lowest BCUT2D eigenvalue weighted by Gasteiger charge is -2.56. The molecule has 1 amide bonds. The summed E-state index contributed by atoms with van der Waals surface area (Å²) in [5.41, 5.74) is 6.74. The zero-order chi connectivity index (χ0) is 16.0. The molecule has 126 valence electrons. The molecule has 4 bridgehead atoms. The Morgan fingerprint density at radius 2 is 1.96 bits per heavy atom. The molecule has 0 aromatic carbocycles. The summed E-state index contributed by atoms with van der Waals surface area (Å²) in [4.78, 5) is 17.2.